The highest BCUT2D eigenvalue weighted by molar-refractivity contribution is 5.82. The number of rotatable bonds is 3. The van der Waals surface area contributed by atoms with Gasteiger partial charge in [-0.1, -0.05) is 12.1 Å². The Morgan fingerprint density at radius 2 is 2.06 bits per heavy atom. The smallest absolute Gasteiger partial charge is 0.375 e. The number of nitrogens with one attached hydrogen (secondary N) is 1. The molecule has 0 spiro atoms. The average molecular weight is 221 g/mol. The summed E-state index contributed by atoms with van der Waals surface area (Å²) < 4.78 is 12.6. The number of halogens is 1. The van der Waals surface area contributed by atoms with Gasteiger partial charge in [0.25, 0.3) is 5.82 Å². The number of aromatic nitrogens is 3. The monoisotopic (exact) mass is 221 g/mol. The van der Waals surface area contributed by atoms with E-state index in [1.807, 2.05) is 0 Å². The first-order chi connectivity index (χ1) is 7.65. The SMILES string of the molecule is O=C(O)c1n[nH]c(Cc2ccc(F)cc2)n1. The van der Waals surface area contributed by atoms with Crippen molar-refractivity contribution in [2.45, 2.75) is 6.42 Å². The summed E-state index contributed by atoms with van der Waals surface area (Å²) in [4.78, 5) is 14.3. The standard InChI is InChI=1S/C10H8FN3O2/c11-7-3-1-6(2-4-7)5-8-12-9(10(15)16)14-13-8/h1-4H,5H2,(H,15,16)(H,12,13,14). The molecule has 2 rings (SSSR count). The Bertz CT molecular complexity index is 507. The third-order valence-corrected chi connectivity index (χ3v) is 2.01. The second kappa shape index (κ2) is 4.09. The highest BCUT2D eigenvalue weighted by Crippen LogP contribution is 2.07. The van der Waals surface area contributed by atoms with Gasteiger partial charge in [-0.3, -0.25) is 5.10 Å². The Morgan fingerprint density at radius 1 is 1.38 bits per heavy atom. The van der Waals surface area contributed by atoms with Crippen molar-refractivity contribution in [1.29, 1.82) is 0 Å². The van der Waals surface area contributed by atoms with Crippen molar-refractivity contribution in [3.05, 3.63) is 47.3 Å². The second-order valence-electron chi connectivity index (χ2n) is 3.21. The minimum atomic E-state index is -1.18. The molecular weight excluding hydrogens is 213 g/mol. The van der Waals surface area contributed by atoms with Crippen LogP contribution >= 0.6 is 0 Å². The molecule has 2 aromatic rings. The molecule has 0 aliphatic rings. The molecule has 2 N–H and O–H groups in total. The van der Waals surface area contributed by atoms with Crippen molar-refractivity contribution >= 4 is 5.97 Å². The van der Waals surface area contributed by atoms with Gasteiger partial charge in [-0.15, -0.1) is 5.10 Å². The highest BCUT2D eigenvalue weighted by atomic mass is 19.1. The maximum Gasteiger partial charge on any atom is 0.375 e. The summed E-state index contributed by atoms with van der Waals surface area (Å²) in [6.07, 6.45) is 0.389. The van der Waals surface area contributed by atoms with Crippen molar-refractivity contribution in [1.82, 2.24) is 15.2 Å². The highest BCUT2D eigenvalue weighted by Gasteiger charge is 2.10. The van der Waals surface area contributed by atoms with Crippen LogP contribution in [0.3, 0.4) is 0 Å². The summed E-state index contributed by atoms with van der Waals surface area (Å²) in [5.74, 6) is -1.32. The van der Waals surface area contributed by atoms with E-state index in [4.69, 9.17) is 5.11 Å². The fourth-order valence-corrected chi connectivity index (χ4v) is 1.27. The van der Waals surface area contributed by atoms with Gasteiger partial charge in [-0.25, -0.2) is 14.2 Å². The van der Waals surface area contributed by atoms with Gasteiger partial charge in [0.1, 0.15) is 11.6 Å². The summed E-state index contributed by atoms with van der Waals surface area (Å²) in [5, 5.41) is 14.6. The summed E-state index contributed by atoms with van der Waals surface area (Å²) in [5.41, 5.74) is 0.828. The normalized spacial score (nSPS) is 10.3. The topological polar surface area (TPSA) is 78.9 Å². The van der Waals surface area contributed by atoms with E-state index in [0.717, 1.165) is 5.56 Å². The molecular formula is C10H8FN3O2. The van der Waals surface area contributed by atoms with Crippen molar-refractivity contribution < 1.29 is 14.3 Å². The number of hydrogen-bond acceptors (Lipinski definition) is 3. The molecule has 0 aliphatic heterocycles. The van der Waals surface area contributed by atoms with E-state index in [0.29, 0.717) is 12.2 Å². The second-order valence-corrected chi connectivity index (χ2v) is 3.21. The molecule has 0 aliphatic carbocycles. The minimum Gasteiger partial charge on any atom is -0.475 e. The molecule has 16 heavy (non-hydrogen) atoms. The molecule has 1 heterocycles. The van der Waals surface area contributed by atoms with Crippen LogP contribution in [0.2, 0.25) is 0 Å². The summed E-state index contributed by atoms with van der Waals surface area (Å²) >= 11 is 0. The van der Waals surface area contributed by atoms with Gasteiger partial charge in [0.05, 0.1) is 0 Å². The number of carbonyl (C=O) groups is 1. The molecule has 5 nitrogen and oxygen atoms in total. The van der Waals surface area contributed by atoms with E-state index in [1.54, 1.807) is 12.1 Å². The van der Waals surface area contributed by atoms with E-state index in [9.17, 15) is 9.18 Å². The van der Waals surface area contributed by atoms with E-state index in [2.05, 4.69) is 15.2 Å². The van der Waals surface area contributed by atoms with Crippen LogP contribution < -0.4 is 0 Å². The van der Waals surface area contributed by atoms with Gasteiger partial charge in [-0.2, -0.15) is 0 Å². The predicted molar refractivity (Wildman–Crippen MR) is 52.5 cm³/mol. The van der Waals surface area contributed by atoms with Gasteiger partial charge >= 0.3 is 5.97 Å². The fraction of sp³-hybridized carbons (Fsp3) is 0.100. The van der Waals surface area contributed by atoms with Crippen LogP contribution in [0, 0.1) is 5.82 Å². The van der Waals surface area contributed by atoms with Gasteiger partial charge in [0.15, 0.2) is 0 Å². The zero-order chi connectivity index (χ0) is 11.5. The Balaban J connectivity index is 2.14. The number of aromatic carboxylic acids is 1. The van der Waals surface area contributed by atoms with Crippen molar-refractivity contribution in [2.24, 2.45) is 0 Å². The number of nitrogens with zero attached hydrogens (tertiary/aromatic N) is 2. The van der Waals surface area contributed by atoms with Gasteiger partial charge in [0, 0.05) is 6.42 Å². The van der Waals surface area contributed by atoms with Crippen molar-refractivity contribution in [2.75, 3.05) is 0 Å². The zero-order valence-electron chi connectivity index (χ0n) is 8.14. The number of carboxylic acids is 1. The van der Waals surface area contributed by atoms with Crippen LogP contribution in [-0.4, -0.2) is 26.3 Å². The van der Waals surface area contributed by atoms with Crippen LogP contribution in [0.5, 0.6) is 0 Å². The lowest BCUT2D eigenvalue weighted by Crippen LogP contribution is -1.99. The first-order valence-electron chi connectivity index (χ1n) is 4.54. The molecule has 0 saturated heterocycles. The van der Waals surface area contributed by atoms with Gasteiger partial charge in [-0.05, 0) is 17.7 Å². The van der Waals surface area contributed by atoms with Crippen LogP contribution in [0.4, 0.5) is 4.39 Å². The maximum atomic E-state index is 12.6. The lowest BCUT2D eigenvalue weighted by atomic mass is 10.1. The Labute approximate surface area is 90.0 Å². The molecule has 0 atom stereocenters. The Hall–Kier alpha value is -2.24. The summed E-state index contributed by atoms with van der Waals surface area (Å²) in [7, 11) is 0. The fourth-order valence-electron chi connectivity index (χ4n) is 1.27. The number of H-pyrrole nitrogens is 1. The largest absolute Gasteiger partial charge is 0.475 e. The summed E-state index contributed by atoms with van der Waals surface area (Å²) in [6, 6.07) is 5.89. The molecule has 0 unspecified atom stereocenters. The summed E-state index contributed by atoms with van der Waals surface area (Å²) in [6.45, 7) is 0. The molecule has 0 amide bonds. The molecule has 0 fully saturated rings. The van der Waals surface area contributed by atoms with Crippen molar-refractivity contribution in [3.63, 3.8) is 0 Å². The Morgan fingerprint density at radius 3 is 2.62 bits per heavy atom. The maximum absolute atomic E-state index is 12.6. The Kier molecular flexibility index (Phi) is 2.63. The average Bonchev–Trinajstić information content (AvgIpc) is 2.70. The third kappa shape index (κ3) is 2.22. The molecule has 82 valence electrons. The van der Waals surface area contributed by atoms with Crippen LogP contribution in [0.15, 0.2) is 24.3 Å². The molecule has 6 heteroatoms. The zero-order valence-corrected chi connectivity index (χ0v) is 8.14. The van der Waals surface area contributed by atoms with Crippen LogP contribution in [-0.2, 0) is 6.42 Å². The molecule has 1 aromatic carbocycles. The third-order valence-electron chi connectivity index (χ3n) is 2.01. The first-order valence-corrected chi connectivity index (χ1v) is 4.54. The van der Waals surface area contributed by atoms with Gasteiger partial charge < -0.3 is 5.11 Å². The molecule has 1 aromatic heterocycles. The van der Waals surface area contributed by atoms with E-state index >= 15 is 0 Å². The quantitative estimate of drug-likeness (QED) is 0.817. The van der Waals surface area contributed by atoms with Gasteiger partial charge in [0.2, 0.25) is 0 Å². The number of benzene rings is 1. The lowest BCUT2D eigenvalue weighted by Gasteiger charge is -1.96. The van der Waals surface area contributed by atoms with E-state index in [1.165, 1.54) is 12.1 Å². The number of carboxylic acid groups (broad SMARTS) is 1. The molecule has 0 radical (unpaired) electrons. The number of hydrogen-bond donors (Lipinski definition) is 2. The molecule has 0 bridgehead atoms. The number of aromatic amines is 1. The first kappa shape index (κ1) is 10.3. The predicted octanol–water partition coefficient (Wildman–Crippen LogP) is 1.23. The van der Waals surface area contributed by atoms with E-state index < -0.39 is 5.97 Å². The van der Waals surface area contributed by atoms with Crippen molar-refractivity contribution in [3.8, 4) is 0 Å². The lowest BCUT2D eigenvalue weighted by molar-refractivity contribution is 0.0684. The van der Waals surface area contributed by atoms with Crippen LogP contribution in [0.25, 0.3) is 0 Å². The minimum absolute atomic E-state index is 0.267. The van der Waals surface area contributed by atoms with E-state index in [-0.39, 0.29) is 11.6 Å². The molecule has 0 saturated carbocycles. The van der Waals surface area contributed by atoms with Crippen LogP contribution in [0.1, 0.15) is 22.0 Å².